The van der Waals surface area contributed by atoms with Crippen LogP contribution in [0.3, 0.4) is 0 Å². The molecule has 4 aromatic rings. The highest BCUT2D eigenvalue weighted by Crippen LogP contribution is 2.30. The summed E-state index contributed by atoms with van der Waals surface area (Å²) in [5.74, 6) is -2.55. The van der Waals surface area contributed by atoms with Crippen LogP contribution < -0.4 is 21.7 Å². The number of benzene rings is 2. The normalized spacial score (nSPS) is 11.0. The van der Waals surface area contributed by atoms with Gasteiger partial charge in [-0.2, -0.15) is 0 Å². The van der Waals surface area contributed by atoms with Gasteiger partial charge < -0.3 is 39.9 Å². The first-order valence-electron chi connectivity index (χ1n) is 11.3. The van der Waals surface area contributed by atoms with Gasteiger partial charge in [-0.3, -0.25) is 20.4 Å². The number of phenolic OH excluding ortho intramolecular Hbond substituents is 4. The van der Waals surface area contributed by atoms with Gasteiger partial charge in [-0.15, -0.1) is 0 Å². The van der Waals surface area contributed by atoms with Crippen LogP contribution in [0.1, 0.15) is 40.0 Å². The van der Waals surface area contributed by atoms with E-state index in [2.05, 4.69) is 10.6 Å². The third-order valence-electron chi connectivity index (χ3n) is 5.64. The monoisotopic (exact) mass is 508 g/mol. The van der Waals surface area contributed by atoms with E-state index < -0.39 is 23.3 Å². The van der Waals surface area contributed by atoms with Gasteiger partial charge in [-0.05, 0) is 43.5 Å². The van der Waals surface area contributed by atoms with Crippen LogP contribution in [0.25, 0.3) is 21.9 Å². The molecule has 0 fully saturated rings. The van der Waals surface area contributed by atoms with Crippen molar-refractivity contribution < 1.29 is 38.8 Å². The first-order valence-corrected chi connectivity index (χ1v) is 11.3. The number of nitrogens with one attached hydrogen (secondary N) is 4. The maximum atomic E-state index is 12.4. The van der Waals surface area contributed by atoms with Crippen molar-refractivity contribution in [3.63, 3.8) is 0 Å². The quantitative estimate of drug-likeness (QED) is 0.130. The Hall–Kier alpha value is -5.00. The highest BCUT2D eigenvalue weighted by Gasteiger charge is 2.14. The molecule has 2 amide bonds. The van der Waals surface area contributed by atoms with E-state index in [1.807, 2.05) is 0 Å². The average molecular weight is 508 g/mol. The molecule has 0 atom stereocenters. The van der Waals surface area contributed by atoms with Crippen LogP contribution in [0.15, 0.2) is 45.2 Å². The number of amides is 2. The Bertz CT molecular complexity index is 1520. The van der Waals surface area contributed by atoms with Crippen LogP contribution in [0.2, 0.25) is 0 Å². The Kier molecular flexibility index (Phi) is 7.00. The van der Waals surface area contributed by atoms with Crippen LogP contribution in [0, 0.1) is 10.8 Å². The van der Waals surface area contributed by atoms with Crippen molar-refractivity contribution in [1.29, 1.82) is 10.8 Å². The SMILES string of the molecule is N=c1oc2cc(O)c(O)cc2cc1C(=O)NCCCCCNC(=O)c1cc2cc(O)c(O)cc2oc1=N. The molecule has 0 saturated heterocycles. The number of unbranched alkanes of at least 4 members (excludes halogenated alkanes) is 2. The highest BCUT2D eigenvalue weighted by atomic mass is 16.3. The standard InChI is InChI=1S/C25H24N4O8/c26-22-14(6-12-8-16(30)18(32)10-20(12)36-22)24(34)28-4-2-1-3-5-29-25(35)15-7-13-9-17(31)19(33)11-21(13)37-23(15)27/h6-11,26-27,30-33H,1-5H2,(H,28,34)(H,29,35). The number of hydrogen-bond donors (Lipinski definition) is 8. The number of rotatable bonds is 8. The summed E-state index contributed by atoms with van der Waals surface area (Å²) in [6.07, 6.45) is 1.88. The summed E-state index contributed by atoms with van der Waals surface area (Å²) in [6, 6.07) is 7.61. The second-order valence-corrected chi connectivity index (χ2v) is 8.31. The van der Waals surface area contributed by atoms with Crippen LogP contribution in [0.5, 0.6) is 23.0 Å². The van der Waals surface area contributed by atoms with Gasteiger partial charge in [-0.1, -0.05) is 0 Å². The fourth-order valence-electron chi connectivity index (χ4n) is 3.68. The van der Waals surface area contributed by atoms with E-state index in [1.165, 1.54) is 36.4 Å². The smallest absolute Gasteiger partial charge is 0.256 e. The molecule has 0 saturated carbocycles. The molecular weight excluding hydrogens is 484 g/mol. The first kappa shape index (κ1) is 25.1. The molecule has 0 unspecified atom stereocenters. The number of carbonyl (C=O) groups excluding carboxylic acids is 2. The van der Waals surface area contributed by atoms with Crippen LogP contribution >= 0.6 is 0 Å². The molecule has 0 aliphatic heterocycles. The van der Waals surface area contributed by atoms with Gasteiger partial charge in [0.05, 0.1) is 0 Å². The topological polar surface area (TPSA) is 213 Å². The third-order valence-corrected chi connectivity index (χ3v) is 5.64. The molecule has 192 valence electrons. The summed E-state index contributed by atoms with van der Waals surface area (Å²) in [5.41, 5.74) is -0.462. The summed E-state index contributed by atoms with van der Waals surface area (Å²) in [6.45, 7) is 0.643. The highest BCUT2D eigenvalue weighted by molar-refractivity contribution is 5.97. The van der Waals surface area contributed by atoms with Crippen molar-refractivity contribution >= 4 is 33.8 Å². The molecule has 12 nitrogen and oxygen atoms in total. The lowest BCUT2D eigenvalue weighted by Gasteiger charge is -2.08. The molecule has 37 heavy (non-hydrogen) atoms. The fourth-order valence-corrected chi connectivity index (χ4v) is 3.68. The lowest BCUT2D eigenvalue weighted by molar-refractivity contribution is 0.0943. The van der Waals surface area contributed by atoms with Crippen molar-refractivity contribution in [3.8, 4) is 23.0 Å². The molecule has 2 aromatic heterocycles. The number of hydrogen-bond acceptors (Lipinski definition) is 10. The van der Waals surface area contributed by atoms with E-state index in [4.69, 9.17) is 19.7 Å². The molecule has 2 aromatic carbocycles. The summed E-state index contributed by atoms with van der Waals surface area (Å²) in [5, 5.41) is 60.3. The summed E-state index contributed by atoms with van der Waals surface area (Å²) in [7, 11) is 0. The van der Waals surface area contributed by atoms with Gasteiger partial charge in [0.15, 0.2) is 23.0 Å². The van der Waals surface area contributed by atoms with Gasteiger partial charge in [0.1, 0.15) is 22.3 Å². The molecule has 2 heterocycles. The van der Waals surface area contributed by atoms with Gasteiger partial charge in [-0.25, -0.2) is 0 Å². The Labute approximate surface area is 208 Å². The number of phenols is 4. The summed E-state index contributed by atoms with van der Waals surface area (Å²) >= 11 is 0. The molecule has 0 bridgehead atoms. The summed E-state index contributed by atoms with van der Waals surface area (Å²) < 4.78 is 10.5. The van der Waals surface area contributed by atoms with E-state index in [9.17, 15) is 30.0 Å². The molecule has 0 aliphatic carbocycles. The maximum absolute atomic E-state index is 12.4. The van der Waals surface area contributed by atoms with Crippen molar-refractivity contribution in [2.75, 3.05) is 13.1 Å². The van der Waals surface area contributed by atoms with Gasteiger partial charge in [0.25, 0.3) is 11.8 Å². The first-order chi connectivity index (χ1) is 17.6. The van der Waals surface area contributed by atoms with Crippen LogP contribution in [-0.2, 0) is 0 Å². The van der Waals surface area contributed by atoms with E-state index in [0.717, 1.165) is 0 Å². The Morgan fingerprint density at radius 2 is 1.00 bits per heavy atom. The van der Waals surface area contributed by atoms with E-state index in [-0.39, 0.29) is 44.9 Å². The Balaban J connectivity index is 1.24. The molecule has 0 aliphatic rings. The van der Waals surface area contributed by atoms with Gasteiger partial charge in [0, 0.05) is 36.0 Å². The minimum Gasteiger partial charge on any atom is -0.504 e. The van der Waals surface area contributed by atoms with Crippen molar-refractivity contribution in [2.24, 2.45) is 0 Å². The minimum atomic E-state index is -0.515. The predicted octanol–water partition coefficient (Wildman–Crippen LogP) is 2.29. The zero-order chi connectivity index (χ0) is 26.7. The van der Waals surface area contributed by atoms with Gasteiger partial charge in [0.2, 0.25) is 11.1 Å². The number of carbonyl (C=O) groups is 2. The molecule has 0 radical (unpaired) electrons. The molecular formula is C25H24N4O8. The Morgan fingerprint density at radius 3 is 1.41 bits per heavy atom. The van der Waals surface area contributed by atoms with Crippen molar-refractivity contribution in [1.82, 2.24) is 10.6 Å². The van der Waals surface area contributed by atoms with Crippen LogP contribution in [0.4, 0.5) is 0 Å². The maximum Gasteiger partial charge on any atom is 0.256 e. The molecule has 4 rings (SSSR count). The van der Waals surface area contributed by atoms with Gasteiger partial charge >= 0.3 is 0 Å². The Morgan fingerprint density at radius 1 is 0.622 bits per heavy atom. The van der Waals surface area contributed by atoms with Crippen molar-refractivity contribution in [2.45, 2.75) is 19.3 Å². The van der Waals surface area contributed by atoms with E-state index in [0.29, 0.717) is 43.1 Å². The fraction of sp³-hybridized carbons (Fsp3) is 0.200. The molecule has 8 N–H and O–H groups in total. The number of aromatic hydroxyl groups is 4. The third kappa shape index (κ3) is 5.48. The average Bonchev–Trinajstić information content (AvgIpc) is 2.84. The zero-order valence-electron chi connectivity index (χ0n) is 19.4. The summed E-state index contributed by atoms with van der Waals surface area (Å²) in [4.78, 5) is 24.9. The van der Waals surface area contributed by atoms with E-state index in [1.54, 1.807) is 0 Å². The number of fused-ring (bicyclic) bond motifs is 2. The lowest BCUT2D eigenvalue weighted by Crippen LogP contribution is -2.30. The van der Waals surface area contributed by atoms with Crippen molar-refractivity contribution in [3.05, 3.63) is 58.6 Å². The second-order valence-electron chi connectivity index (χ2n) is 8.31. The lowest BCUT2D eigenvalue weighted by atomic mass is 10.1. The predicted molar refractivity (Wildman–Crippen MR) is 129 cm³/mol. The molecule has 12 heteroatoms. The largest absolute Gasteiger partial charge is 0.504 e. The van der Waals surface area contributed by atoms with Crippen LogP contribution in [-0.4, -0.2) is 45.3 Å². The zero-order valence-corrected chi connectivity index (χ0v) is 19.4. The molecule has 0 spiro atoms. The van der Waals surface area contributed by atoms with E-state index >= 15 is 0 Å². The second kappa shape index (κ2) is 10.3. The minimum absolute atomic E-state index is 0.0135.